The van der Waals surface area contributed by atoms with E-state index in [1.165, 1.54) is 0 Å². The molecule has 18 heavy (non-hydrogen) atoms. The minimum absolute atomic E-state index is 0.0250. The number of nitrogens with one attached hydrogen (secondary N) is 1. The molecule has 0 heterocycles. The van der Waals surface area contributed by atoms with E-state index in [1.54, 1.807) is 13.0 Å². The fourth-order valence-electron chi connectivity index (χ4n) is 1.58. The van der Waals surface area contributed by atoms with E-state index in [2.05, 4.69) is 5.32 Å². The number of hydrogen-bond donors (Lipinski definition) is 2. The van der Waals surface area contributed by atoms with Crippen molar-refractivity contribution in [1.29, 1.82) is 0 Å². The molecule has 0 saturated heterocycles. The van der Waals surface area contributed by atoms with E-state index in [0.29, 0.717) is 17.9 Å². The highest BCUT2D eigenvalue weighted by Crippen LogP contribution is 2.26. The van der Waals surface area contributed by atoms with Crippen molar-refractivity contribution < 1.29 is 14.6 Å². The van der Waals surface area contributed by atoms with Gasteiger partial charge >= 0.3 is 0 Å². The Kier molecular flexibility index (Phi) is 5.65. The summed E-state index contributed by atoms with van der Waals surface area (Å²) in [5.74, 6) is 0.413. The molecule has 1 aromatic rings. The highest BCUT2D eigenvalue weighted by Gasteiger charge is 2.10. The van der Waals surface area contributed by atoms with Crippen molar-refractivity contribution >= 4 is 5.91 Å². The van der Waals surface area contributed by atoms with Crippen molar-refractivity contribution in [2.75, 3.05) is 13.2 Å². The number of rotatable bonds is 6. The monoisotopic (exact) mass is 251 g/mol. The van der Waals surface area contributed by atoms with Gasteiger partial charge < -0.3 is 15.2 Å². The predicted molar refractivity (Wildman–Crippen MR) is 70.6 cm³/mol. The fourth-order valence-corrected chi connectivity index (χ4v) is 1.58. The third-order valence-corrected chi connectivity index (χ3v) is 2.55. The Hall–Kier alpha value is -1.55. The summed E-state index contributed by atoms with van der Waals surface area (Å²) in [4.78, 5) is 11.4. The maximum atomic E-state index is 11.4. The lowest BCUT2D eigenvalue weighted by Crippen LogP contribution is -2.29. The average Bonchev–Trinajstić information content (AvgIpc) is 2.34. The van der Waals surface area contributed by atoms with Crippen LogP contribution in [0.4, 0.5) is 0 Å². The summed E-state index contributed by atoms with van der Waals surface area (Å²) in [6.45, 7) is 6.25. The molecular weight excluding hydrogens is 230 g/mol. The van der Waals surface area contributed by atoms with Crippen LogP contribution in [0.15, 0.2) is 18.2 Å². The molecule has 2 N–H and O–H groups in total. The van der Waals surface area contributed by atoms with Gasteiger partial charge in [-0.3, -0.25) is 4.79 Å². The molecule has 0 fully saturated rings. The number of aliphatic hydroxyl groups is 1. The lowest BCUT2D eigenvalue weighted by Gasteiger charge is -2.14. The molecule has 0 aliphatic heterocycles. The molecule has 0 radical (unpaired) electrons. The largest absolute Gasteiger partial charge is 0.483 e. The minimum atomic E-state index is -0.612. The first-order valence-corrected chi connectivity index (χ1v) is 6.22. The van der Waals surface area contributed by atoms with Gasteiger partial charge in [-0.25, -0.2) is 0 Å². The van der Waals surface area contributed by atoms with Crippen molar-refractivity contribution in [2.24, 2.45) is 0 Å². The molecule has 0 unspecified atom stereocenters. The summed E-state index contributed by atoms with van der Waals surface area (Å²) in [7, 11) is 0. The molecule has 0 saturated carbocycles. The van der Waals surface area contributed by atoms with Crippen LogP contribution in [0.25, 0.3) is 0 Å². The van der Waals surface area contributed by atoms with Crippen LogP contribution in [0.3, 0.4) is 0 Å². The molecule has 4 heteroatoms. The van der Waals surface area contributed by atoms with E-state index in [9.17, 15) is 9.90 Å². The van der Waals surface area contributed by atoms with Crippen LogP contribution >= 0.6 is 0 Å². The predicted octanol–water partition coefficient (Wildman–Crippen LogP) is 1.95. The number of hydrogen-bond acceptors (Lipinski definition) is 3. The van der Waals surface area contributed by atoms with Crippen LogP contribution in [0.1, 0.15) is 37.5 Å². The lowest BCUT2D eigenvalue weighted by molar-refractivity contribution is -0.123. The van der Waals surface area contributed by atoms with Crippen molar-refractivity contribution in [3.63, 3.8) is 0 Å². The van der Waals surface area contributed by atoms with E-state index in [0.717, 1.165) is 12.0 Å². The number of amides is 1. The van der Waals surface area contributed by atoms with Crippen LogP contribution in [0, 0.1) is 6.92 Å². The van der Waals surface area contributed by atoms with Gasteiger partial charge in [0.15, 0.2) is 6.61 Å². The van der Waals surface area contributed by atoms with Gasteiger partial charge in [-0.05, 0) is 32.4 Å². The zero-order chi connectivity index (χ0) is 13.5. The SMILES string of the molecule is CCCNC(=O)COc1ccc(C)cc1[C@H](C)O. The summed E-state index contributed by atoms with van der Waals surface area (Å²) >= 11 is 0. The molecule has 0 bridgehead atoms. The normalized spacial score (nSPS) is 12.0. The number of aryl methyl sites for hydroxylation is 1. The molecule has 100 valence electrons. The number of carbonyl (C=O) groups excluding carboxylic acids is 1. The number of ether oxygens (including phenoxy) is 1. The van der Waals surface area contributed by atoms with Gasteiger partial charge in [-0.1, -0.05) is 18.6 Å². The highest BCUT2D eigenvalue weighted by atomic mass is 16.5. The van der Waals surface area contributed by atoms with Crippen LogP contribution in [0.5, 0.6) is 5.75 Å². The van der Waals surface area contributed by atoms with Gasteiger partial charge in [0.2, 0.25) is 0 Å². The van der Waals surface area contributed by atoms with Gasteiger partial charge in [-0.2, -0.15) is 0 Å². The first kappa shape index (κ1) is 14.5. The van der Waals surface area contributed by atoms with Gasteiger partial charge in [0, 0.05) is 12.1 Å². The van der Waals surface area contributed by atoms with E-state index >= 15 is 0 Å². The second kappa shape index (κ2) is 7.01. The molecule has 0 spiro atoms. The van der Waals surface area contributed by atoms with E-state index in [4.69, 9.17) is 4.74 Å². The quantitative estimate of drug-likeness (QED) is 0.812. The zero-order valence-electron chi connectivity index (χ0n) is 11.2. The van der Waals surface area contributed by atoms with Gasteiger partial charge in [0.1, 0.15) is 5.75 Å². The van der Waals surface area contributed by atoms with Crippen LogP contribution < -0.4 is 10.1 Å². The van der Waals surface area contributed by atoms with E-state index in [-0.39, 0.29) is 12.5 Å². The third-order valence-electron chi connectivity index (χ3n) is 2.55. The molecule has 0 aliphatic rings. The maximum Gasteiger partial charge on any atom is 0.257 e. The van der Waals surface area contributed by atoms with Gasteiger partial charge in [-0.15, -0.1) is 0 Å². The van der Waals surface area contributed by atoms with Crippen molar-refractivity contribution in [3.8, 4) is 5.75 Å². The summed E-state index contributed by atoms with van der Waals surface area (Å²) in [5.41, 5.74) is 1.76. The Morgan fingerprint density at radius 1 is 1.50 bits per heavy atom. The summed E-state index contributed by atoms with van der Waals surface area (Å²) < 4.78 is 5.44. The second-order valence-electron chi connectivity index (χ2n) is 4.36. The highest BCUT2D eigenvalue weighted by molar-refractivity contribution is 5.77. The fraction of sp³-hybridized carbons (Fsp3) is 0.500. The van der Waals surface area contributed by atoms with Crippen molar-refractivity contribution in [1.82, 2.24) is 5.32 Å². The van der Waals surface area contributed by atoms with Crippen LogP contribution in [-0.2, 0) is 4.79 Å². The Morgan fingerprint density at radius 2 is 2.22 bits per heavy atom. The molecule has 0 aromatic heterocycles. The number of aliphatic hydroxyl groups excluding tert-OH is 1. The molecule has 1 aromatic carbocycles. The third kappa shape index (κ3) is 4.37. The Labute approximate surface area is 108 Å². The molecule has 1 amide bonds. The molecule has 4 nitrogen and oxygen atoms in total. The molecule has 1 rings (SSSR count). The summed E-state index contributed by atoms with van der Waals surface area (Å²) in [5, 5.41) is 12.4. The van der Waals surface area contributed by atoms with Crippen molar-refractivity contribution in [2.45, 2.75) is 33.3 Å². The lowest BCUT2D eigenvalue weighted by atomic mass is 10.1. The van der Waals surface area contributed by atoms with Gasteiger partial charge in [0.25, 0.3) is 5.91 Å². The van der Waals surface area contributed by atoms with E-state index < -0.39 is 6.10 Å². The minimum Gasteiger partial charge on any atom is -0.483 e. The first-order chi connectivity index (χ1) is 8.54. The Bertz CT molecular complexity index is 402. The molecule has 1 atom stereocenters. The summed E-state index contributed by atoms with van der Waals surface area (Å²) in [6.07, 6.45) is 0.286. The van der Waals surface area contributed by atoms with Crippen LogP contribution in [0.2, 0.25) is 0 Å². The topological polar surface area (TPSA) is 58.6 Å². The van der Waals surface area contributed by atoms with Gasteiger partial charge in [0.05, 0.1) is 6.10 Å². The first-order valence-electron chi connectivity index (χ1n) is 6.22. The zero-order valence-corrected chi connectivity index (χ0v) is 11.2. The smallest absolute Gasteiger partial charge is 0.257 e. The Balaban J connectivity index is 2.64. The molecule has 0 aliphatic carbocycles. The standard InChI is InChI=1S/C14H21NO3/c1-4-7-15-14(17)9-18-13-6-5-10(2)8-12(13)11(3)16/h5-6,8,11,16H,4,7,9H2,1-3H3,(H,15,17)/t11-/m0/s1. The van der Waals surface area contributed by atoms with Crippen LogP contribution in [-0.4, -0.2) is 24.2 Å². The maximum absolute atomic E-state index is 11.4. The van der Waals surface area contributed by atoms with Crippen molar-refractivity contribution in [3.05, 3.63) is 29.3 Å². The summed E-state index contributed by atoms with van der Waals surface area (Å²) in [6, 6.07) is 5.54. The number of carbonyl (C=O) groups is 1. The average molecular weight is 251 g/mol. The number of benzene rings is 1. The second-order valence-corrected chi connectivity index (χ2v) is 4.36. The van der Waals surface area contributed by atoms with E-state index in [1.807, 2.05) is 26.0 Å². The Morgan fingerprint density at radius 3 is 2.83 bits per heavy atom. The molecular formula is C14H21NO3.